The van der Waals surface area contributed by atoms with Gasteiger partial charge in [0.25, 0.3) is 0 Å². The summed E-state index contributed by atoms with van der Waals surface area (Å²) >= 11 is 0. The Kier molecular flexibility index (Phi) is 3.81. The average Bonchev–Trinajstić information content (AvgIpc) is 3.05. The van der Waals surface area contributed by atoms with Crippen molar-refractivity contribution in [3.63, 3.8) is 0 Å². The summed E-state index contributed by atoms with van der Waals surface area (Å²) in [4.78, 5) is 10.9. The number of aryl methyl sites for hydroxylation is 2. The minimum atomic E-state index is -0.391. The Hall–Kier alpha value is -2.41. The predicted octanol–water partition coefficient (Wildman–Crippen LogP) is 2.58. The molecule has 2 atom stereocenters. The maximum absolute atomic E-state index is 11.3. The zero-order valence-electron chi connectivity index (χ0n) is 12.5. The van der Waals surface area contributed by atoms with Crippen LogP contribution in [0.4, 0.5) is 11.5 Å². The molecule has 0 unspecified atom stereocenters. The minimum absolute atomic E-state index is 0.0177. The molecule has 3 rings (SSSR count). The van der Waals surface area contributed by atoms with Crippen molar-refractivity contribution in [2.75, 3.05) is 11.9 Å². The summed E-state index contributed by atoms with van der Waals surface area (Å²) in [6, 6.07) is 9.88. The van der Waals surface area contributed by atoms with Gasteiger partial charge in [-0.25, -0.2) is 4.68 Å². The van der Waals surface area contributed by atoms with E-state index in [1.807, 2.05) is 30.3 Å². The van der Waals surface area contributed by atoms with Gasteiger partial charge in [-0.1, -0.05) is 30.3 Å². The number of benzene rings is 1. The topological polar surface area (TPSA) is 82.2 Å². The van der Waals surface area contributed by atoms with Gasteiger partial charge in [0.15, 0.2) is 0 Å². The highest BCUT2D eigenvalue weighted by Gasteiger charge is 2.33. The van der Waals surface area contributed by atoms with E-state index in [4.69, 9.17) is 4.74 Å². The first-order chi connectivity index (χ1) is 10.6. The molecule has 0 radical (unpaired) electrons. The van der Waals surface area contributed by atoms with E-state index in [9.17, 15) is 10.1 Å². The maximum Gasteiger partial charge on any atom is 0.333 e. The Morgan fingerprint density at radius 2 is 2.14 bits per heavy atom. The summed E-state index contributed by atoms with van der Waals surface area (Å²) < 4.78 is 7.33. The molecule has 22 heavy (non-hydrogen) atoms. The van der Waals surface area contributed by atoms with Gasteiger partial charge in [0, 0.05) is 13.7 Å². The highest BCUT2D eigenvalue weighted by molar-refractivity contribution is 5.60. The molecule has 1 aromatic carbocycles. The van der Waals surface area contributed by atoms with Crippen LogP contribution < -0.4 is 5.32 Å². The molecular formula is C15H18N4O3. The molecule has 0 saturated carbocycles. The average molecular weight is 302 g/mol. The molecule has 1 N–H and O–H groups in total. The van der Waals surface area contributed by atoms with Crippen LogP contribution in [0.2, 0.25) is 0 Å². The lowest BCUT2D eigenvalue weighted by atomic mass is 10.0. The van der Waals surface area contributed by atoms with Gasteiger partial charge in [-0.3, -0.25) is 10.1 Å². The molecule has 7 heteroatoms. The van der Waals surface area contributed by atoms with Crippen LogP contribution in [0.5, 0.6) is 0 Å². The SMILES string of the molecule is Cc1nn(C)c(N[C@H]2CCO[C@@H]2c2ccccc2)c1[N+](=O)[O-]. The number of nitrogens with zero attached hydrogens (tertiary/aromatic N) is 3. The second-order valence-electron chi connectivity index (χ2n) is 5.40. The fourth-order valence-corrected chi connectivity index (χ4v) is 2.91. The third-order valence-corrected chi connectivity index (χ3v) is 3.92. The first-order valence-corrected chi connectivity index (χ1v) is 7.19. The van der Waals surface area contributed by atoms with E-state index >= 15 is 0 Å². The van der Waals surface area contributed by atoms with E-state index in [1.54, 1.807) is 14.0 Å². The number of aromatic nitrogens is 2. The van der Waals surface area contributed by atoms with Crippen molar-refractivity contribution in [1.29, 1.82) is 0 Å². The van der Waals surface area contributed by atoms with Crippen molar-refractivity contribution in [3.8, 4) is 0 Å². The molecule has 116 valence electrons. The molecule has 2 aromatic rings. The lowest BCUT2D eigenvalue weighted by molar-refractivity contribution is -0.384. The molecular weight excluding hydrogens is 284 g/mol. The Labute approximate surface area is 128 Å². The summed E-state index contributed by atoms with van der Waals surface area (Å²) in [6.45, 7) is 2.27. The second-order valence-corrected chi connectivity index (χ2v) is 5.40. The first-order valence-electron chi connectivity index (χ1n) is 7.19. The summed E-state index contributed by atoms with van der Waals surface area (Å²) in [6.07, 6.45) is 0.678. The summed E-state index contributed by atoms with van der Waals surface area (Å²) in [7, 11) is 1.70. The van der Waals surface area contributed by atoms with Crippen LogP contribution in [0.1, 0.15) is 23.8 Å². The van der Waals surface area contributed by atoms with Crippen molar-refractivity contribution in [1.82, 2.24) is 9.78 Å². The molecule has 0 bridgehead atoms. The van der Waals surface area contributed by atoms with Gasteiger partial charge in [0.2, 0.25) is 5.82 Å². The number of nitrogens with one attached hydrogen (secondary N) is 1. The number of hydrogen-bond acceptors (Lipinski definition) is 5. The molecule has 1 aliphatic rings. The van der Waals surface area contributed by atoms with E-state index in [-0.39, 0.29) is 17.8 Å². The van der Waals surface area contributed by atoms with Crippen LogP contribution >= 0.6 is 0 Å². The van der Waals surface area contributed by atoms with Crippen LogP contribution in [0.25, 0.3) is 0 Å². The molecule has 1 aromatic heterocycles. The molecule has 1 aliphatic heterocycles. The second kappa shape index (κ2) is 5.76. The molecule has 0 aliphatic carbocycles. The van der Waals surface area contributed by atoms with Gasteiger partial charge in [-0.15, -0.1) is 0 Å². The minimum Gasteiger partial charge on any atom is -0.371 e. The lowest BCUT2D eigenvalue weighted by Crippen LogP contribution is -2.25. The lowest BCUT2D eigenvalue weighted by Gasteiger charge is -2.20. The van der Waals surface area contributed by atoms with Crippen molar-refractivity contribution in [2.45, 2.75) is 25.5 Å². The third kappa shape index (κ3) is 2.55. The van der Waals surface area contributed by atoms with E-state index in [2.05, 4.69) is 10.4 Å². The molecule has 0 spiro atoms. The summed E-state index contributed by atoms with van der Waals surface area (Å²) in [5.74, 6) is 0.430. The monoisotopic (exact) mass is 302 g/mol. The fraction of sp³-hybridized carbons (Fsp3) is 0.400. The Morgan fingerprint density at radius 3 is 2.82 bits per heavy atom. The maximum atomic E-state index is 11.3. The van der Waals surface area contributed by atoms with Gasteiger partial charge in [-0.2, -0.15) is 5.10 Å². The summed E-state index contributed by atoms with van der Waals surface area (Å²) in [5, 5.41) is 18.7. The molecule has 1 saturated heterocycles. The van der Waals surface area contributed by atoms with Gasteiger partial charge in [0.1, 0.15) is 11.8 Å². The largest absolute Gasteiger partial charge is 0.371 e. The highest BCUT2D eigenvalue weighted by atomic mass is 16.6. The van der Waals surface area contributed by atoms with Crippen molar-refractivity contribution < 1.29 is 9.66 Å². The van der Waals surface area contributed by atoms with Crippen LogP contribution in [0, 0.1) is 17.0 Å². The Balaban J connectivity index is 1.88. The molecule has 0 amide bonds. The van der Waals surface area contributed by atoms with Crippen LogP contribution in [-0.2, 0) is 11.8 Å². The molecule has 1 fully saturated rings. The predicted molar refractivity (Wildman–Crippen MR) is 81.8 cm³/mol. The third-order valence-electron chi connectivity index (χ3n) is 3.92. The number of hydrogen-bond donors (Lipinski definition) is 1. The normalized spacial score (nSPS) is 21.0. The number of anilines is 1. The van der Waals surface area contributed by atoms with Crippen LogP contribution in [-0.4, -0.2) is 27.4 Å². The van der Waals surface area contributed by atoms with Crippen molar-refractivity contribution >= 4 is 11.5 Å². The molecule has 7 nitrogen and oxygen atoms in total. The standard InChI is InChI=1S/C15H18N4O3/c1-10-13(19(20)21)15(18(2)17-10)16-12-8-9-22-14(12)11-6-4-3-5-7-11/h3-7,12,14,16H,8-9H2,1-2H3/t12-,14+/m0/s1. The van der Waals surface area contributed by atoms with Crippen LogP contribution in [0.15, 0.2) is 30.3 Å². The van der Waals surface area contributed by atoms with E-state index in [0.717, 1.165) is 12.0 Å². The zero-order chi connectivity index (χ0) is 15.7. The van der Waals surface area contributed by atoms with E-state index in [0.29, 0.717) is 18.1 Å². The Bertz CT molecular complexity index is 684. The Morgan fingerprint density at radius 1 is 1.41 bits per heavy atom. The number of ether oxygens (including phenoxy) is 1. The van der Waals surface area contributed by atoms with E-state index in [1.165, 1.54) is 4.68 Å². The van der Waals surface area contributed by atoms with Crippen molar-refractivity contribution in [3.05, 3.63) is 51.7 Å². The summed E-state index contributed by atoms with van der Waals surface area (Å²) in [5.41, 5.74) is 1.51. The van der Waals surface area contributed by atoms with Crippen LogP contribution in [0.3, 0.4) is 0 Å². The van der Waals surface area contributed by atoms with Gasteiger partial charge >= 0.3 is 5.69 Å². The van der Waals surface area contributed by atoms with Gasteiger partial charge < -0.3 is 10.1 Å². The highest BCUT2D eigenvalue weighted by Crippen LogP contribution is 2.34. The van der Waals surface area contributed by atoms with Crippen molar-refractivity contribution in [2.24, 2.45) is 7.05 Å². The van der Waals surface area contributed by atoms with Gasteiger partial charge in [0.05, 0.1) is 11.0 Å². The quantitative estimate of drug-likeness (QED) is 0.693. The number of nitro groups is 1. The fourth-order valence-electron chi connectivity index (χ4n) is 2.91. The molecule has 2 heterocycles. The van der Waals surface area contributed by atoms with Gasteiger partial charge in [-0.05, 0) is 18.9 Å². The number of rotatable bonds is 4. The smallest absolute Gasteiger partial charge is 0.333 e. The van der Waals surface area contributed by atoms with E-state index < -0.39 is 4.92 Å². The zero-order valence-corrected chi connectivity index (χ0v) is 12.5. The first kappa shape index (κ1) is 14.5.